The first-order chi connectivity index (χ1) is 16.2. The normalized spacial score (nSPS) is 11.1. The fraction of sp³-hybridized carbons (Fsp3) is 0.167. The Labute approximate surface area is 198 Å². The highest BCUT2D eigenvalue weighted by Crippen LogP contribution is 2.24. The zero-order valence-corrected chi connectivity index (χ0v) is 19.5. The summed E-state index contributed by atoms with van der Waals surface area (Å²) in [6.07, 6.45) is 2.26. The molecule has 0 bridgehead atoms. The van der Waals surface area contributed by atoms with E-state index in [0.717, 1.165) is 32.5 Å². The Morgan fingerprint density at radius 1 is 1.06 bits per heavy atom. The van der Waals surface area contributed by atoms with E-state index in [1.165, 1.54) is 16.9 Å². The molecule has 0 fully saturated rings. The van der Waals surface area contributed by atoms with Crippen LogP contribution in [0.3, 0.4) is 0 Å². The average Bonchev–Trinajstić information content (AvgIpc) is 3.57. The highest BCUT2D eigenvalue weighted by atomic mass is 32.1. The van der Waals surface area contributed by atoms with Gasteiger partial charge in [-0.25, -0.2) is 4.98 Å². The number of hydrogen-bond donors (Lipinski definition) is 1. The Morgan fingerprint density at radius 3 is 2.70 bits per heavy atom. The molecule has 4 aromatic heterocycles. The molecule has 0 aliphatic rings. The zero-order valence-electron chi connectivity index (χ0n) is 17.9. The van der Waals surface area contributed by atoms with Gasteiger partial charge in [0.1, 0.15) is 12.3 Å². The van der Waals surface area contributed by atoms with Gasteiger partial charge in [0.25, 0.3) is 0 Å². The van der Waals surface area contributed by atoms with E-state index in [9.17, 15) is 4.79 Å². The molecule has 0 saturated carbocycles. The van der Waals surface area contributed by atoms with Gasteiger partial charge in [0.2, 0.25) is 11.8 Å². The lowest BCUT2D eigenvalue weighted by molar-refractivity contribution is -0.120. The topological polar surface area (TPSA) is 81.4 Å². The third kappa shape index (κ3) is 4.94. The quantitative estimate of drug-likeness (QED) is 0.331. The third-order valence-electron chi connectivity index (χ3n) is 5.06. The molecule has 0 aliphatic carbocycles. The molecule has 0 radical (unpaired) electrons. The number of rotatable bonds is 8. The summed E-state index contributed by atoms with van der Waals surface area (Å²) in [5, 5.41) is 15.1. The van der Waals surface area contributed by atoms with Gasteiger partial charge in [-0.15, -0.1) is 32.9 Å². The molecule has 0 atom stereocenters. The van der Waals surface area contributed by atoms with Gasteiger partial charge in [-0.2, -0.15) is 0 Å². The summed E-state index contributed by atoms with van der Waals surface area (Å²) < 4.78 is 7.58. The molecule has 33 heavy (non-hydrogen) atoms. The van der Waals surface area contributed by atoms with Crippen molar-refractivity contribution in [1.29, 1.82) is 0 Å². The van der Waals surface area contributed by atoms with Crippen LogP contribution in [0.25, 0.3) is 26.8 Å². The Bertz CT molecular complexity index is 1360. The molecule has 1 N–H and O–H groups in total. The average molecular weight is 476 g/mol. The van der Waals surface area contributed by atoms with Crippen LogP contribution in [0.1, 0.15) is 11.3 Å². The summed E-state index contributed by atoms with van der Waals surface area (Å²) in [5.74, 6) is 0.370. The number of nitrogens with one attached hydrogen (secondary N) is 1. The van der Waals surface area contributed by atoms with Crippen LogP contribution in [-0.2, 0) is 11.2 Å². The maximum Gasteiger partial charge on any atom is 0.233 e. The fourth-order valence-corrected chi connectivity index (χ4v) is 4.91. The second kappa shape index (κ2) is 9.51. The molecule has 0 aliphatic heterocycles. The standard InChI is InChI=1S/C24H21N5O2S2/c1-16-4-6-17(7-5-16)20-14-29-18(15-33-24(29)26-20)13-22(30)25-10-11-31-23-9-8-19(27-28-23)21-3-2-12-32-21/h2-9,12,14-15H,10-11,13H2,1H3,(H,25,30). The van der Waals surface area contributed by atoms with Crippen molar-refractivity contribution in [2.24, 2.45) is 0 Å². The van der Waals surface area contributed by atoms with Gasteiger partial charge < -0.3 is 10.1 Å². The second-order valence-electron chi connectivity index (χ2n) is 7.48. The molecule has 5 rings (SSSR count). The number of imidazole rings is 1. The highest BCUT2D eigenvalue weighted by Gasteiger charge is 2.12. The molecule has 1 amide bonds. The number of thiophene rings is 1. The van der Waals surface area contributed by atoms with Crippen molar-refractivity contribution >= 4 is 33.5 Å². The second-order valence-corrected chi connectivity index (χ2v) is 9.27. The van der Waals surface area contributed by atoms with E-state index < -0.39 is 0 Å². The fourth-order valence-electron chi connectivity index (χ4n) is 3.35. The van der Waals surface area contributed by atoms with E-state index in [-0.39, 0.29) is 12.3 Å². The van der Waals surface area contributed by atoms with Crippen molar-refractivity contribution in [3.8, 4) is 27.7 Å². The smallest absolute Gasteiger partial charge is 0.233 e. The number of benzene rings is 1. The molecule has 5 aromatic rings. The minimum Gasteiger partial charge on any atom is -0.475 e. The molecular weight excluding hydrogens is 454 g/mol. The van der Waals surface area contributed by atoms with Crippen molar-refractivity contribution < 1.29 is 9.53 Å². The van der Waals surface area contributed by atoms with Gasteiger partial charge in [0, 0.05) is 28.9 Å². The maximum absolute atomic E-state index is 12.4. The summed E-state index contributed by atoms with van der Waals surface area (Å²) in [6, 6.07) is 15.9. The van der Waals surface area contributed by atoms with E-state index in [4.69, 9.17) is 4.74 Å². The number of hydrogen-bond acceptors (Lipinski definition) is 7. The van der Waals surface area contributed by atoms with Crippen molar-refractivity contribution in [1.82, 2.24) is 24.9 Å². The Kier molecular flexibility index (Phi) is 6.14. The van der Waals surface area contributed by atoms with Crippen LogP contribution in [0.2, 0.25) is 0 Å². The molecule has 0 saturated heterocycles. The number of carbonyl (C=O) groups excluding carboxylic acids is 1. The molecule has 4 heterocycles. The molecule has 0 spiro atoms. The van der Waals surface area contributed by atoms with Crippen molar-refractivity contribution in [2.45, 2.75) is 13.3 Å². The minimum absolute atomic E-state index is 0.0667. The molecular formula is C24H21N5O2S2. The molecule has 0 unspecified atom stereocenters. The largest absolute Gasteiger partial charge is 0.475 e. The number of fused-ring (bicyclic) bond motifs is 1. The summed E-state index contributed by atoms with van der Waals surface area (Å²) in [7, 11) is 0. The van der Waals surface area contributed by atoms with Gasteiger partial charge in [-0.05, 0) is 24.4 Å². The predicted octanol–water partition coefficient (Wildman–Crippen LogP) is 4.63. The van der Waals surface area contributed by atoms with Crippen LogP contribution in [0.15, 0.2) is 65.5 Å². The lowest BCUT2D eigenvalue weighted by Crippen LogP contribution is -2.29. The predicted molar refractivity (Wildman–Crippen MR) is 131 cm³/mol. The van der Waals surface area contributed by atoms with Crippen molar-refractivity contribution in [3.63, 3.8) is 0 Å². The maximum atomic E-state index is 12.4. The lowest BCUT2D eigenvalue weighted by atomic mass is 10.1. The van der Waals surface area contributed by atoms with E-state index in [1.807, 2.05) is 39.6 Å². The first-order valence-electron chi connectivity index (χ1n) is 10.5. The Hall–Kier alpha value is -3.56. The third-order valence-corrected chi connectivity index (χ3v) is 6.84. The van der Waals surface area contributed by atoms with Crippen LogP contribution in [0.4, 0.5) is 0 Å². The van der Waals surface area contributed by atoms with Crippen LogP contribution in [-0.4, -0.2) is 38.6 Å². The number of amides is 1. The van der Waals surface area contributed by atoms with Gasteiger partial charge in [-0.1, -0.05) is 35.9 Å². The number of aromatic nitrogens is 4. The summed E-state index contributed by atoms with van der Waals surface area (Å²) in [4.78, 5) is 19.1. The molecule has 166 valence electrons. The molecule has 7 nitrogen and oxygen atoms in total. The molecule has 9 heteroatoms. The Morgan fingerprint density at radius 2 is 1.94 bits per heavy atom. The minimum atomic E-state index is -0.0667. The van der Waals surface area contributed by atoms with E-state index in [0.29, 0.717) is 19.0 Å². The van der Waals surface area contributed by atoms with Gasteiger partial charge in [0.15, 0.2) is 4.96 Å². The number of thiazole rings is 1. The monoisotopic (exact) mass is 475 g/mol. The van der Waals surface area contributed by atoms with Gasteiger partial charge in [-0.3, -0.25) is 9.20 Å². The van der Waals surface area contributed by atoms with Crippen molar-refractivity contribution in [3.05, 3.63) is 76.7 Å². The van der Waals surface area contributed by atoms with Gasteiger partial charge >= 0.3 is 0 Å². The first-order valence-corrected chi connectivity index (χ1v) is 12.2. The lowest BCUT2D eigenvalue weighted by Gasteiger charge is -2.07. The Balaban J connectivity index is 1.12. The van der Waals surface area contributed by atoms with Crippen LogP contribution in [0, 0.1) is 6.92 Å². The zero-order chi connectivity index (χ0) is 22.6. The van der Waals surface area contributed by atoms with Crippen LogP contribution < -0.4 is 10.1 Å². The summed E-state index contributed by atoms with van der Waals surface area (Å²) >= 11 is 3.15. The van der Waals surface area contributed by atoms with E-state index in [1.54, 1.807) is 17.4 Å². The van der Waals surface area contributed by atoms with E-state index >= 15 is 0 Å². The van der Waals surface area contributed by atoms with Crippen molar-refractivity contribution in [2.75, 3.05) is 13.2 Å². The number of nitrogens with zero attached hydrogens (tertiary/aromatic N) is 4. The summed E-state index contributed by atoms with van der Waals surface area (Å²) in [6.45, 7) is 2.77. The van der Waals surface area contributed by atoms with Crippen LogP contribution >= 0.6 is 22.7 Å². The SMILES string of the molecule is Cc1ccc(-c2cn3c(CC(=O)NCCOc4ccc(-c5cccs5)nn4)csc3n2)cc1. The van der Waals surface area contributed by atoms with E-state index in [2.05, 4.69) is 51.7 Å². The first kappa shape index (κ1) is 21.3. The number of ether oxygens (including phenoxy) is 1. The number of carbonyl (C=O) groups is 1. The molecule has 1 aromatic carbocycles. The highest BCUT2D eigenvalue weighted by molar-refractivity contribution is 7.15. The van der Waals surface area contributed by atoms with Gasteiger partial charge in [0.05, 0.1) is 23.5 Å². The number of aryl methyl sites for hydroxylation is 1. The van der Waals surface area contributed by atoms with Crippen LogP contribution in [0.5, 0.6) is 5.88 Å². The summed E-state index contributed by atoms with van der Waals surface area (Å²) in [5.41, 5.74) is 4.91.